The van der Waals surface area contributed by atoms with E-state index >= 15 is 0 Å². The van der Waals surface area contributed by atoms with Crippen LogP contribution in [0, 0.1) is 0 Å². The number of halogens is 6. The standard InChI is InChI=1S/C12H11F6N3O3/c13-11(14,15)6-20-10(23)21-9(22)5-19-7-3-1-2-4-8(7)24-12(16,17)18/h1-4,19H,5-6H2,(H2,20,21,22,23). The molecule has 24 heavy (non-hydrogen) atoms. The molecular weight excluding hydrogens is 348 g/mol. The molecule has 0 saturated heterocycles. The highest BCUT2D eigenvalue weighted by Crippen LogP contribution is 2.29. The molecule has 0 saturated carbocycles. The summed E-state index contributed by atoms with van der Waals surface area (Å²) in [7, 11) is 0. The Morgan fingerprint density at radius 3 is 2.25 bits per heavy atom. The van der Waals surface area contributed by atoms with Crippen LogP contribution in [0.15, 0.2) is 24.3 Å². The molecule has 12 heteroatoms. The van der Waals surface area contributed by atoms with Crippen LogP contribution in [0.5, 0.6) is 5.75 Å². The van der Waals surface area contributed by atoms with Gasteiger partial charge in [-0.3, -0.25) is 10.1 Å². The molecule has 0 unspecified atom stereocenters. The van der Waals surface area contributed by atoms with E-state index in [1.807, 2.05) is 0 Å². The van der Waals surface area contributed by atoms with E-state index < -0.39 is 43.3 Å². The van der Waals surface area contributed by atoms with Gasteiger partial charge < -0.3 is 15.4 Å². The first kappa shape index (κ1) is 19.4. The first-order valence-corrected chi connectivity index (χ1v) is 6.19. The third kappa shape index (κ3) is 8.10. The molecule has 1 aromatic rings. The summed E-state index contributed by atoms with van der Waals surface area (Å²) >= 11 is 0. The summed E-state index contributed by atoms with van der Waals surface area (Å²) in [5.41, 5.74) is -0.194. The van der Waals surface area contributed by atoms with Crippen LogP contribution in [-0.4, -0.2) is 37.6 Å². The molecule has 0 atom stereocenters. The third-order valence-electron chi connectivity index (χ3n) is 2.25. The third-order valence-corrected chi connectivity index (χ3v) is 2.25. The van der Waals surface area contributed by atoms with Crippen LogP contribution in [-0.2, 0) is 4.79 Å². The van der Waals surface area contributed by atoms with Crippen LogP contribution in [0.1, 0.15) is 0 Å². The Balaban J connectivity index is 2.52. The molecular formula is C12H11F6N3O3. The summed E-state index contributed by atoms with van der Waals surface area (Å²) in [6.07, 6.45) is -9.59. The number of benzene rings is 1. The minimum absolute atomic E-state index is 0.194. The van der Waals surface area contributed by atoms with Gasteiger partial charge in [-0.15, -0.1) is 13.2 Å². The van der Waals surface area contributed by atoms with E-state index in [2.05, 4.69) is 10.1 Å². The van der Waals surface area contributed by atoms with Crippen molar-refractivity contribution in [3.05, 3.63) is 24.3 Å². The van der Waals surface area contributed by atoms with E-state index in [1.54, 1.807) is 5.32 Å². The van der Waals surface area contributed by atoms with Gasteiger partial charge >= 0.3 is 18.6 Å². The fraction of sp³-hybridized carbons (Fsp3) is 0.333. The van der Waals surface area contributed by atoms with E-state index in [1.165, 1.54) is 23.5 Å². The lowest BCUT2D eigenvalue weighted by molar-refractivity contribution is -0.274. The van der Waals surface area contributed by atoms with Gasteiger partial charge in [-0.1, -0.05) is 12.1 Å². The van der Waals surface area contributed by atoms with E-state index in [4.69, 9.17) is 0 Å². The number of carbonyl (C=O) groups excluding carboxylic acids is 2. The Hall–Kier alpha value is -2.66. The number of para-hydroxylation sites is 2. The molecule has 0 heterocycles. The minimum atomic E-state index is -4.95. The lowest BCUT2D eigenvalue weighted by atomic mass is 10.3. The van der Waals surface area contributed by atoms with E-state index in [0.29, 0.717) is 0 Å². The summed E-state index contributed by atoms with van der Waals surface area (Å²) < 4.78 is 75.9. The zero-order chi connectivity index (χ0) is 18.4. The highest BCUT2D eigenvalue weighted by atomic mass is 19.4. The van der Waals surface area contributed by atoms with Crippen molar-refractivity contribution >= 4 is 17.6 Å². The van der Waals surface area contributed by atoms with Crippen molar-refractivity contribution in [2.24, 2.45) is 0 Å². The lowest BCUT2D eigenvalue weighted by Gasteiger charge is -2.14. The second-order valence-electron chi connectivity index (χ2n) is 4.24. The predicted octanol–water partition coefficient (Wildman–Crippen LogP) is 2.39. The summed E-state index contributed by atoms with van der Waals surface area (Å²) in [5, 5.41) is 5.25. The molecule has 0 bridgehead atoms. The molecule has 0 radical (unpaired) electrons. The Morgan fingerprint density at radius 1 is 1.04 bits per heavy atom. The number of carbonyl (C=O) groups is 2. The maximum absolute atomic E-state index is 12.2. The van der Waals surface area contributed by atoms with Crippen molar-refractivity contribution in [3.8, 4) is 5.75 Å². The topological polar surface area (TPSA) is 79.5 Å². The summed E-state index contributed by atoms with van der Waals surface area (Å²) in [4.78, 5) is 22.4. The van der Waals surface area contributed by atoms with Crippen LogP contribution in [0.4, 0.5) is 36.8 Å². The van der Waals surface area contributed by atoms with E-state index in [-0.39, 0.29) is 5.69 Å². The van der Waals surface area contributed by atoms with Crippen LogP contribution in [0.3, 0.4) is 0 Å². The predicted molar refractivity (Wildman–Crippen MR) is 69.2 cm³/mol. The van der Waals surface area contributed by atoms with Crippen molar-refractivity contribution in [2.45, 2.75) is 12.5 Å². The molecule has 134 valence electrons. The first-order chi connectivity index (χ1) is 11.0. The number of imide groups is 1. The molecule has 0 fully saturated rings. The monoisotopic (exact) mass is 359 g/mol. The maximum atomic E-state index is 12.2. The maximum Gasteiger partial charge on any atom is 0.573 e. The molecule has 1 aromatic carbocycles. The van der Waals surface area contributed by atoms with Gasteiger partial charge in [-0.25, -0.2) is 4.79 Å². The number of urea groups is 1. The SMILES string of the molecule is O=C(CNc1ccccc1OC(F)(F)F)NC(=O)NCC(F)(F)F. The van der Waals surface area contributed by atoms with Gasteiger partial charge in [0.05, 0.1) is 12.2 Å². The quantitative estimate of drug-likeness (QED) is 0.706. The highest BCUT2D eigenvalue weighted by molar-refractivity contribution is 5.96. The van der Waals surface area contributed by atoms with Gasteiger partial charge in [0, 0.05) is 0 Å². The molecule has 6 nitrogen and oxygen atoms in total. The smallest absolute Gasteiger partial charge is 0.404 e. The number of amides is 3. The number of nitrogens with one attached hydrogen (secondary N) is 3. The van der Waals surface area contributed by atoms with Crippen molar-refractivity contribution in [1.82, 2.24) is 10.6 Å². The van der Waals surface area contributed by atoms with Gasteiger partial charge in [0.1, 0.15) is 6.54 Å². The Kier molecular flexibility index (Phi) is 6.26. The zero-order valence-electron chi connectivity index (χ0n) is 11.7. The molecule has 0 aromatic heterocycles. The summed E-state index contributed by atoms with van der Waals surface area (Å²) in [5.74, 6) is -1.67. The van der Waals surface area contributed by atoms with Crippen LogP contribution in [0.25, 0.3) is 0 Å². The van der Waals surface area contributed by atoms with Crippen molar-refractivity contribution in [1.29, 1.82) is 0 Å². The fourth-order valence-electron chi connectivity index (χ4n) is 1.40. The first-order valence-electron chi connectivity index (χ1n) is 6.19. The van der Waals surface area contributed by atoms with Gasteiger partial charge in [-0.05, 0) is 12.1 Å². The molecule has 0 spiro atoms. The second-order valence-corrected chi connectivity index (χ2v) is 4.24. The van der Waals surface area contributed by atoms with Crippen LogP contribution in [0.2, 0.25) is 0 Å². The van der Waals surface area contributed by atoms with Crippen molar-refractivity contribution in [2.75, 3.05) is 18.4 Å². The average molecular weight is 359 g/mol. The van der Waals surface area contributed by atoms with Gasteiger partial charge in [0.2, 0.25) is 5.91 Å². The average Bonchev–Trinajstić information content (AvgIpc) is 2.42. The Bertz CT molecular complexity index is 588. The minimum Gasteiger partial charge on any atom is -0.404 e. The van der Waals surface area contributed by atoms with E-state index in [9.17, 15) is 35.9 Å². The number of rotatable bonds is 5. The van der Waals surface area contributed by atoms with Crippen molar-refractivity contribution < 1.29 is 40.7 Å². The number of hydrogen-bond acceptors (Lipinski definition) is 4. The number of hydrogen-bond donors (Lipinski definition) is 3. The fourth-order valence-corrected chi connectivity index (χ4v) is 1.40. The molecule has 0 aliphatic carbocycles. The Labute approximate surface area is 131 Å². The van der Waals surface area contributed by atoms with E-state index in [0.717, 1.165) is 6.07 Å². The lowest BCUT2D eigenvalue weighted by Crippen LogP contribution is -2.45. The zero-order valence-corrected chi connectivity index (χ0v) is 11.7. The molecule has 3 N–H and O–H groups in total. The molecule has 1 rings (SSSR count). The second kappa shape index (κ2) is 7.75. The largest absolute Gasteiger partial charge is 0.573 e. The molecule has 3 amide bonds. The van der Waals surface area contributed by atoms with Gasteiger partial charge in [0.25, 0.3) is 0 Å². The normalized spacial score (nSPS) is 11.6. The van der Waals surface area contributed by atoms with Gasteiger partial charge in [-0.2, -0.15) is 13.2 Å². The van der Waals surface area contributed by atoms with Crippen LogP contribution >= 0.6 is 0 Å². The summed E-state index contributed by atoms with van der Waals surface area (Å²) in [6, 6.07) is 3.40. The highest BCUT2D eigenvalue weighted by Gasteiger charge is 2.32. The number of ether oxygens (including phenoxy) is 1. The van der Waals surface area contributed by atoms with Crippen LogP contribution < -0.4 is 20.7 Å². The molecule has 0 aliphatic rings. The number of anilines is 1. The van der Waals surface area contributed by atoms with Crippen molar-refractivity contribution in [3.63, 3.8) is 0 Å². The molecule has 0 aliphatic heterocycles. The van der Waals surface area contributed by atoms with Gasteiger partial charge in [0.15, 0.2) is 5.75 Å². The summed E-state index contributed by atoms with van der Waals surface area (Å²) in [6.45, 7) is -2.31. The number of alkyl halides is 6. The Morgan fingerprint density at radius 2 is 1.67 bits per heavy atom.